The summed E-state index contributed by atoms with van der Waals surface area (Å²) in [7, 11) is 0. The zero-order valence-corrected chi connectivity index (χ0v) is 16.4. The lowest BCUT2D eigenvalue weighted by molar-refractivity contribution is -0.115. The highest BCUT2D eigenvalue weighted by molar-refractivity contribution is 7.11. The lowest BCUT2D eigenvalue weighted by Crippen LogP contribution is -2.19. The Kier molecular flexibility index (Phi) is 5.32. The fourth-order valence-electron chi connectivity index (χ4n) is 2.46. The van der Waals surface area contributed by atoms with Crippen molar-refractivity contribution in [3.63, 3.8) is 0 Å². The molecule has 2 heterocycles. The van der Waals surface area contributed by atoms with Crippen LogP contribution in [0.25, 0.3) is 11.1 Å². The van der Waals surface area contributed by atoms with E-state index < -0.39 is 0 Å². The van der Waals surface area contributed by atoms with Gasteiger partial charge in [-0.2, -0.15) is 4.37 Å². The van der Waals surface area contributed by atoms with E-state index >= 15 is 0 Å². The van der Waals surface area contributed by atoms with Crippen LogP contribution in [0.4, 0.5) is 5.00 Å². The monoisotopic (exact) mass is 393 g/mol. The van der Waals surface area contributed by atoms with Crippen molar-refractivity contribution in [2.75, 3.05) is 11.9 Å². The van der Waals surface area contributed by atoms with Gasteiger partial charge < -0.3 is 14.8 Å². The highest BCUT2D eigenvalue weighted by Gasteiger charge is 2.21. The Hall–Kier alpha value is -1.96. The average Bonchev–Trinajstić information content (AvgIpc) is 3.11. The summed E-state index contributed by atoms with van der Waals surface area (Å²) in [5.74, 6) is 0.410. The van der Waals surface area contributed by atoms with E-state index in [2.05, 4.69) is 14.7 Å². The third-order valence-electron chi connectivity index (χ3n) is 3.96. The summed E-state index contributed by atoms with van der Waals surface area (Å²) >= 11 is 7.26. The van der Waals surface area contributed by atoms with Crippen molar-refractivity contribution in [2.24, 2.45) is 5.41 Å². The number of hydrogen-bond donors (Lipinski definition) is 2. The van der Waals surface area contributed by atoms with E-state index in [0.29, 0.717) is 39.1 Å². The van der Waals surface area contributed by atoms with Gasteiger partial charge in [-0.05, 0) is 41.6 Å². The molecule has 0 aliphatic heterocycles. The van der Waals surface area contributed by atoms with Crippen LogP contribution in [0.5, 0.6) is 0 Å². The first-order chi connectivity index (χ1) is 12.3. The molecule has 0 fully saturated rings. The Morgan fingerprint density at radius 1 is 1.42 bits per heavy atom. The number of halogens is 1. The Morgan fingerprint density at radius 2 is 2.19 bits per heavy atom. The van der Waals surface area contributed by atoms with Crippen LogP contribution in [0.1, 0.15) is 31.0 Å². The molecule has 3 aromatic rings. The molecule has 0 radical (unpaired) electrons. The van der Waals surface area contributed by atoms with Crippen molar-refractivity contribution in [3.8, 4) is 0 Å². The van der Waals surface area contributed by atoms with Crippen LogP contribution in [0.3, 0.4) is 0 Å². The van der Waals surface area contributed by atoms with Crippen molar-refractivity contribution >= 4 is 45.1 Å². The maximum atomic E-state index is 12.2. The number of aliphatic hydroxyl groups is 1. The van der Waals surface area contributed by atoms with Crippen LogP contribution < -0.4 is 5.32 Å². The molecule has 8 heteroatoms. The number of aromatic nitrogens is 2. The van der Waals surface area contributed by atoms with Crippen LogP contribution in [0, 0.1) is 12.3 Å². The number of carbonyl (C=O) groups excluding carboxylic acids is 1. The molecule has 3 rings (SSSR count). The molecule has 2 aromatic heterocycles. The molecule has 6 nitrogen and oxygen atoms in total. The van der Waals surface area contributed by atoms with Gasteiger partial charge in [0.25, 0.3) is 0 Å². The van der Waals surface area contributed by atoms with Gasteiger partial charge in [0, 0.05) is 13.0 Å². The summed E-state index contributed by atoms with van der Waals surface area (Å²) in [4.78, 5) is 16.7. The number of amides is 1. The van der Waals surface area contributed by atoms with Crippen molar-refractivity contribution < 1.29 is 14.3 Å². The molecular formula is C18H20ClN3O3S. The van der Waals surface area contributed by atoms with Gasteiger partial charge in [-0.25, -0.2) is 4.98 Å². The largest absolute Gasteiger partial charge is 0.441 e. The van der Waals surface area contributed by atoms with Crippen molar-refractivity contribution in [3.05, 3.63) is 40.4 Å². The maximum Gasteiger partial charge on any atom is 0.229 e. The number of aliphatic hydroxyl groups excluding tert-OH is 1. The van der Waals surface area contributed by atoms with E-state index in [9.17, 15) is 9.90 Å². The van der Waals surface area contributed by atoms with Gasteiger partial charge >= 0.3 is 0 Å². The number of benzene rings is 1. The zero-order valence-electron chi connectivity index (χ0n) is 14.8. The molecule has 0 spiro atoms. The first-order valence-corrected chi connectivity index (χ1v) is 9.33. The number of nitrogens with zero attached hydrogens (tertiary/aromatic N) is 2. The van der Waals surface area contributed by atoms with Crippen LogP contribution in [-0.2, 0) is 17.6 Å². The summed E-state index contributed by atoms with van der Waals surface area (Å²) in [5, 5.41) is 13.2. The molecule has 0 aliphatic carbocycles. The number of hydrogen-bond acceptors (Lipinski definition) is 6. The lowest BCUT2D eigenvalue weighted by Gasteiger charge is -2.18. The molecule has 0 unspecified atom stereocenters. The van der Waals surface area contributed by atoms with Crippen molar-refractivity contribution in [2.45, 2.75) is 33.6 Å². The smallest absolute Gasteiger partial charge is 0.229 e. The Morgan fingerprint density at radius 3 is 2.85 bits per heavy atom. The van der Waals surface area contributed by atoms with E-state index in [0.717, 1.165) is 5.56 Å². The fraction of sp³-hybridized carbons (Fsp3) is 0.389. The Labute approximate surface area is 160 Å². The van der Waals surface area contributed by atoms with Crippen LogP contribution in [0.15, 0.2) is 22.6 Å². The van der Waals surface area contributed by atoms with Crippen LogP contribution in [-0.4, -0.2) is 27.0 Å². The molecule has 0 saturated heterocycles. The second kappa shape index (κ2) is 7.34. The summed E-state index contributed by atoms with van der Waals surface area (Å²) in [6.07, 6.45) is 0.741. The molecule has 0 saturated carbocycles. The van der Waals surface area contributed by atoms with E-state index in [1.807, 2.05) is 32.0 Å². The quantitative estimate of drug-likeness (QED) is 0.661. The first kappa shape index (κ1) is 18.8. The number of aryl methyl sites for hydroxylation is 1. The van der Waals surface area contributed by atoms with Gasteiger partial charge in [-0.1, -0.05) is 31.5 Å². The van der Waals surface area contributed by atoms with Gasteiger partial charge in [0.05, 0.1) is 17.1 Å². The highest BCUT2D eigenvalue weighted by Crippen LogP contribution is 2.29. The van der Waals surface area contributed by atoms with E-state index in [-0.39, 0.29) is 24.3 Å². The Bertz CT molecular complexity index is 948. The second-order valence-electron chi connectivity index (χ2n) is 7.04. The minimum atomic E-state index is -0.296. The van der Waals surface area contributed by atoms with Gasteiger partial charge in [0.2, 0.25) is 5.91 Å². The summed E-state index contributed by atoms with van der Waals surface area (Å²) < 4.78 is 9.84. The molecular weight excluding hydrogens is 374 g/mol. The van der Waals surface area contributed by atoms with Gasteiger partial charge in [0.1, 0.15) is 10.5 Å². The lowest BCUT2D eigenvalue weighted by atomic mass is 9.91. The van der Waals surface area contributed by atoms with Gasteiger partial charge in [-0.15, -0.1) is 0 Å². The van der Waals surface area contributed by atoms with Crippen molar-refractivity contribution in [1.29, 1.82) is 0 Å². The van der Waals surface area contributed by atoms with E-state index in [1.54, 1.807) is 6.92 Å². The fourth-order valence-corrected chi connectivity index (χ4v) is 3.41. The number of carbonyl (C=O) groups is 1. The predicted molar refractivity (Wildman–Crippen MR) is 103 cm³/mol. The number of anilines is 1. The summed E-state index contributed by atoms with van der Waals surface area (Å²) in [6, 6.07) is 5.49. The predicted octanol–water partition coefficient (Wildman–Crippen LogP) is 3.99. The third-order valence-corrected chi connectivity index (χ3v) is 5.39. The number of rotatable bonds is 6. The highest BCUT2D eigenvalue weighted by atomic mass is 35.5. The molecule has 0 atom stereocenters. The number of oxazole rings is 1. The normalized spacial score (nSPS) is 11.9. The third kappa shape index (κ3) is 4.23. The van der Waals surface area contributed by atoms with Crippen molar-refractivity contribution in [1.82, 2.24) is 9.36 Å². The summed E-state index contributed by atoms with van der Waals surface area (Å²) in [5.41, 5.74) is 2.60. The Balaban J connectivity index is 1.72. The minimum Gasteiger partial charge on any atom is -0.441 e. The van der Waals surface area contributed by atoms with E-state index in [1.165, 1.54) is 11.5 Å². The average molecular weight is 394 g/mol. The molecule has 1 aromatic carbocycles. The number of fused-ring (bicyclic) bond motifs is 1. The van der Waals surface area contributed by atoms with Crippen LogP contribution in [0.2, 0.25) is 5.02 Å². The first-order valence-electron chi connectivity index (χ1n) is 8.18. The molecule has 0 aliphatic rings. The maximum absolute atomic E-state index is 12.2. The van der Waals surface area contributed by atoms with Gasteiger partial charge in [0.15, 0.2) is 11.5 Å². The molecule has 138 valence electrons. The van der Waals surface area contributed by atoms with Gasteiger partial charge in [-0.3, -0.25) is 4.79 Å². The topological polar surface area (TPSA) is 88.2 Å². The van der Waals surface area contributed by atoms with Crippen LogP contribution >= 0.6 is 23.1 Å². The van der Waals surface area contributed by atoms with E-state index in [4.69, 9.17) is 16.0 Å². The molecule has 0 bridgehead atoms. The standard InChI is InChI=1S/C18H20ClN3O3S/c1-10-16(19)17(26-22-10)21-14(24)7-11-4-5-13-12(6-11)20-15(25-13)8-18(2,3)9-23/h4-6,23H,7-9H2,1-3H3,(H,21,24). The SMILES string of the molecule is Cc1nsc(NC(=O)Cc2ccc3oc(CC(C)(C)CO)nc3c2)c1Cl. The second-order valence-corrected chi connectivity index (χ2v) is 8.20. The molecule has 1 amide bonds. The molecule has 26 heavy (non-hydrogen) atoms. The number of nitrogens with one attached hydrogen (secondary N) is 1. The zero-order chi connectivity index (χ0) is 18.9. The summed E-state index contributed by atoms with van der Waals surface area (Å²) in [6.45, 7) is 5.74. The minimum absolute atomic E-state index is 0.0523. The molecule has 2 N–H and O–H groups in total.